The van der Waals surface area contributed by atoms with Crippen LogP contribution in [-0.4, -0.2) is 29.8 Å². The van der Waals surface area contributed by atoms with Crippen LogP contribution in [0.15, 0.2) is 66.7 Å². The molecule has 4 N–H and O–H groups in total. The Morgan fingerprint density at radius 2 is 1.45 bits per heavy atom. The Morgan fingerprint density at radius 3 is 2.08 bits per heavy atom. The third kappa shape index (κ3) is 7.30. The highest BCUT2D eigenvalue weighted by Crippen LogP contribution is 2.25. The molecule has 0 aliphatic carbocycles. The van der Waals surface area contributed by atoms with E-state index in [0.29, 0.717) is 29.9 Å². The van der Waals surface area contributed by atoms with Crippen LogP contribution in [0.1, 0.15) is 83.0 Å². The van der Waals surface area contributed by atoms with Crippen LogP contribution in [0.4, 0.5) is 5.69 Å². The first-order valence-electron chi connectivity index (χ1n) is 13.6. The molecule has 0 bridgehead atoms. The van der Waals surface area contributed by atoms with E-state index in [1.165, 1.54) is 24.8 Å². The summed E-state index contributed by atoms with van der Waals surface area (Å²) in [7, 11) is 0. The number of benzene rings is 3. The maximum absolute atomic E-state index is 13.2. The van der Waals surface area contributed by atoms with Crippen molar-refractivity contribution in [3.05, 3.63) is 100 Å². The molecule has 200 valence electrons. The standard InChI is InChI=1S/C32H40N4O2/c1-32(2,3)28-15-13-25(14-16-28)31(38)35-29-19-26(11-12-27(29)22-36-17-5-4-6-18-36)30(37)34-21-24-9-7-23(20-33)8-10-24/h7-16,19H,4-6,17-18,20-22,33H2,1-3H3,(H,34,37)(H,35,38). The summed E-state index contributed by atoms with van der Waals surface area (Å²) in [5.41, 5.74) is 11.7. The molecule has 1 heterocycles. The molecule has 0 unspecified atom stereocenters. The first kappa shape index (κ1) is 27.6. The Bertz CT molecular complexity index is 1240. The van der Waals surface area contributed by atoms with Crippen LogP contribution in [0.3, 0.4) is 0 Å². The van der Waals surface area contributed by atoms with Gasteiger partial charge in [0.1, 0.15) is 0 Å². The Balaban J connectivity index is 1.52. The molecule has 6 nitrogen and oxygen atoms in total. The van der Waals surface area contributed by atoms with Crippen LogP contribution in [0, 0.1) is 0 Å². The molecule has 0 atom stereocenters. The van der Waals surface area contributed by atoms with Crippen molar-refractivity contribution in [2.75, 3.05) is 18.4 Å². The number of anilines is 1. The number of hydrogen-bond acceptors (Lipinski definition) is 4. The van der Waals surface area contributed by atoms with Crippen molar-refractivity contribution in [3.8, 4) is 0 Å². The summed E-state index contributed by atoms with van der Waals surface area (Å²) in [5.74, 6) is -0.356. The van der Waals surface area contributed by atoms with Gasteiger partial charge in [-0.1, -0.05) is 69.7 Å². The summed E-state index contributed by atoms with van der Waals surface area (Å²) < 4.78 is 0. The van der Waals surface area contributed by atoms with Gasteiger partial charge in [0.25, 0.3) is 11.8 Å². The van der Waals surface area contributed by atoms with E-state index in [1.54, 1.807) is 6.07 Å². The average molecular weight is 513 g/mol. The normalized spacial score (nSPS) is 14.2. The van der Waals surface area contributed by atoms with Crippen molar-refractivity contribution < 1.29 is 9.59 Å². The zero-order valence-electron chi connectivity index (χ0n) is 22.8. The van der Waals surface area contributed by atoms with Gasteiger partial charge in [0.2, 0.25) is 0 Å². The SMILES string of the molecule is CC(C)(C)c1ccc(C(=O)Nc2cc(C(=O)NCc3ccc(CN)cc3)ccc2CN2CCCCC2)cc1. The third-order valence-electron chi connectivity index (χ3n) is 7.19. The number of hydrogen-bond donors (Lipinski definition) is 3. The van der Waals surface area contributed by atoms with E-state index in [0.717, 1.165) is 36.3 Å². The maximum Gasteiger partial charge on any atom is 0.255 e. The van der Waals surface area contributed by atoms with Crippen molar-refractivity contribution in [2.24, 2.45) is 5.73 Å². The lowest BCUT2D eigenvalue weighted by molar-refractivity contribution is 0.0949. The van der Waals surface area contributed by atoms with Crippen molar-refractivity contribution in [1.29, 1.82) is 0 Å². The van der Waals surface area contributed by atoms with Crippen molar-refractivity contribution in [3.63, 3.8) is 0 Å². The van der Waals surface area contributed by atoms with Crippen molar-refractivity contribution >= 4 is 17.5 Å². The van der Waals surface area contributed by atoms with Crippen LogP contribution >= 0.6 is 0 Å². The Morgan fingerprint density at radius 1 is 0.816 bits per heavy atom. The van der Waals surface area contributed by atoms with Gasteiger partial charge >= 0.3 is 0 Å². The number of rotatable bonds is 8. The van der Waals surface area contributed by atoms with E-state index >= 15 is 0 Å². The van der Waals surface area contributed by atoms with Gasteiger partial charge in [-0.25, -0.2) is 0 Å². The predicted molar refractivity (Wildman–Crippen MR) is 154 cm³/mol. The van der Waals surface area contributed by atoms with Crippen LogP contribution < -0.4 is 16.4 Å². The summed E-state index contributed by atoms with van der Waals surface area (Å²) in [6.45, 7) is 10.2. The number of carbonyl (C=O) groups is 2. The lowest BCUT2D eigenvalue weighted by Crippen LogP contribution is -2.30. The van der Waals surface area contributed by atoms with Gasteiger partial charge in [-0.3, -0.25) is 14.5 Å². The summed E-state index contributed by atoms with van der Waals surface area (Å²) >= 11 is 0. The van der Waals surface area contributed by atoms with Crippen molar-refractivity contribution in [1.82, 2.24) is 10.2 Å². The second kappa shape index (κ2) is 12.4. The first-order chi connectivity index (χ1) is 18.2. The number of likely N-dealkylation sites (tertiary alicyclic amines) is 1. The van der Waals surface area contributed by atoms with E-state index in [4.69, 9.17) is 5.73 Å². The zero-order chi connectivity index (χ0) is 27.1. The van der Waals surface area contributed by atoms with E-state index in [2.05, 4.69) is 36.3 Å². The maximum atomic E-state index is 13.2. The largest absolute Gasteiger partial charge is 0.348 e. The van der Waals surface area contributed by atoms with E-state index in [9.17, 15) is 9.59 Å². The Kier molecular flexibility index (Phi) is 8.97. The third-order valence-corrected chi connectivity index (χ3v) is 7.19. The van der Waals surface area contributed by atoms with Crippen molar-refractivity contribution in [2.45, 2.75) is 65.1 Å². The van der Waals surface area contributed by atoms with Gasteiger partial charge in [0.05, 0.1) is 0 Å². The molecule has 38 heavy (non-hydrogen) atoms. The molecule has 3 aromatic rings. The molecule has 0 radical (unpaired) electrons. The molecule has 6 heteroatoms. The molecular weight excluding hydrogens is 472 g/mol. The predicted octanol–water partition coefficient (Wildman–Crippen LogP) is 5.61. The van der Waals surface area contributed by atoms with Gasteiger partial charge in [-0.15, -0.1) is 0 Å². The Hall–Kier alpha value is -3.48. The molecule has 4 rings (SSSR count). The first-order valence-corrected chi connectivity index (χ1v) is 13.6. The second-order valence-corrected chi connectivity index (χ2v) is 11.2. The lowest BCUT2D eigenvalue weighted by Gasteiger charge is -2.27. The number of amides is 2. The summed E-state index contributed by atoms with van der Waals surface area (Å²) in [4.78, 5) is 28.7. The average Bonchev–Trinajstić information content (AvgIpc) is 2.93. The quantitative estimate of drug-likeness (QED) is 0.366. The minimum absolute atomic E-state index is 0.0186. The minimum atomic E-state index is -0.178. The molecule has 2 amide bonds. The van der Waals surface area contributed by atoms with E-state index in [1.807, 2.05) is 60.7 Å². The van der Waals surface area contributed by atoms with Crippen LogP contribution in [0.25, 0.3) is 0 Å². The molecule has 1 saturated heterocycles. The molecule has 0 saturated carbocycles. The second-order valence-electron chi connectivity index (χ2n) is 11.2. The molecule has 1 fully saturated rings. The fraction of sp³-hybridized carbons (Fsp3) is 0.375. The minimum Gasteiger partial charge on any atom is -0.348 e. The molecule has 1 aliphatic rings. The van der Waals surface area contributed by atoms with E-state index in [-0.39, 0.29) is 17.2 Å². The topological polar surface area (TPSA) is 87.5 Å². The number of nitrogens with zero attached hydrogens (tertiary/aromatic N) is 1. The molecule has 1 aliphatic heterocycles. The van der Waals surface area contributed by atoms with E-state index < -0.39 is 0 Å². The smallest absolute Gasteiger partial charge is 0.255 e. The molecule has 3 aromatic carbocycles. The fourth-order valence-corrected chi connectivity index (χ4v) is 4.72. The van der Waals surface area contributed by atoms with Crippen LogP contribution in [0.2, 0.25) is 0 Å². The highest BCUT2D eigenvalue weighted by Gasteiger charge is 2.18. The summed E-state index contributed by atoms with van der Waals surface area (Å²) in [6.07, 6.45) is 3.64. The number of carbonyl (C=O) groups excluding carboxylic acids is 2. The highest BCUT2D eigenvalue weighted by molar-refractivity contribution is 6.05. The summed E-state index contributed by atoms with van der Waals surface area (Å²) in [5, 5.41) is 6.09. The Labute approximate surface area is 226 Å². The van der Waals surface area contributed by atoms with Crippen LogP contribution in [-0.2, 0) is 25.0 Å². The van der Waals surface area contributed by atoms with Gasteiger partial charge < -0.3 is 16.4 Å². The fourth-order valence-electron chi connectivity index (χ4n) is 4.72. The molecular formula is C32H40N4O2. The zero-order valence-corrected chi connectivity index (χ0v) is 22.8. The number of nitrogens with one attached hydrogen (secondary N) is 2. The van der Waals surface area contributed by atoms with Gasteiger partial charge in [-0.05, 0) is 77.9 Å². The summed E-state index contributed by atoms with van der Waals surface area (Å²) in [6, 6.07) is 21.3. The van der Waals surface area contributed by atoms with Gasteiger partial charge in [0.15, 0.2) is 0 Å². The highest BCUT2D eigenvalue weighted by atomic mass is 16.2. The molecule has 0 aromatic heterocycles. The number of nitrogens with two attached hydrogens (primary N) is 1. The van der Waals surface area contributed by atoms with Crippen LogP contribution in [0.5, 0.6) is 0 Å². The van der Waals surface area contributed by atoms with Gasteiger partial charge in [-0.2, -0.15) is 0 Å². The molecule has 0 spiro atoms. The number of piperidine rings is 1. The lowest BCUT2D eigenvalue weighted by atomic mass is 9.86. The van der Waals surface area contributed by atoms with Gasteiger partial charge in [0, 0.05) is 36.4 Å². The monoisotopic (exact) mass is 512 g/mol.